The van der Waals surface area contributed by atoms with Gasteiger partial charge in [-0.1, -0.05) is 140 Å². The van der Waals surface area contributed by atoms with Gasteiger partial charge in [-0.2, -0.15) is 5.26 Å². The number of nitrogens with zero attached hydrogens (tertiary/aromatic N) is 1. The zero-order valence-corrected chi connectivity index (χ0v) is 22.9. The van der Waals surface area contributed by atoms with Crippen molar-refractivity contribution in [1.82, 2.24) is 0 Å². The highest BCUT2D eigenvalue weighted by Crippen LogP contribution is 2.45. The zero-order valence-electron chi connectivity index (χ0n) is 22.9. The van der Waals surface area contributed by atoms with Gasteiger partial charge in [-0.25, -0.2) is 0 Å². The van der Waals surface area contributed by atoms with Crippen molar-refractivity contribution in [1.29, 1.82) is 5.26 Å². The van der Waals surface area contributed by atoms with Crippen LogP contribution in [0.1, 0.15) is 5.56 Å². The molecule has 1 nitrogen and oxygen atoms in total. The van der Waals surface area contributed by atoms with Crippen LogP contribution in [-0.4, -0.2) is 0 Å². The summed E-state index contributed by atoms with van der Waals surface area (Å²) in [5, 5.41) is 19.2. The summed E-state index contributed by atoms with van der Waals surface area (Å²) in [7, 11) is 0. The maximum absolute atomic E-state index is 9.79. The molecule has 0 saturated heterocycles. The fraction of sp³-hybridized carbons (Fsp3) is 0. The summed E-state index contributed by atoms with van der Waals surface area (Å²) < 4.78 is 0. The first-order chi connectivity index (χ1) is 20.8. The molecule has 0 aliphatic carbocycles. The summed E-state index contributed by atoms with van der Waals surface area (Å²) in [5.74, 6) is 0. The molecule has 0 aliphatic heterocycles. The summed E-state index contributed by atoms with van der Waals surface area (Å²) >= 11 is 0. The Hall–Kier alpha value is -5.71. The molecule has 0 unspecified atom stereocenters. The quantitative estimate of drug-likeness (QED) is 0.208. The first-order valence-corrected chi connectivity index (χ1v) is 14.3. The highest BCUT2D eigenvalue weighted by Gasteiger charge is 2.18. The smallest absolute Gasteiger partial charge is 0.0998 e. The van der Waals surface area contributed by atoms with Crippen molar-refractivity contribution in [3.63, 3.8) is 0 Å². The van der Waals surface area contributed by atoms with Crippen LogP contribution in [0.3, 0.4) is 0 Å². The average molecular weight is 532 g/mol. The average Bonchev–Trinajstić information content (AvgIpc) is 3.06. The number of hydrogen-bond donors (Lipinski definition) is 0. The summed E-state index contributed by atoms with van der Waals surface area (Å²) in [5.41, 5.74) is 7.92. The molecule has 0 heterocycles. The van der Waals surface area contributed by atoms with Gasteiger partial charge in [-0.05, 0) is 83.2 Å². The standard InChI is InChI=1S/C41H25N/c42-26-32-23-24-39(34-12-4-3-11-33(32)34)41-37-15-7-5-13-35(37)40(36-14-6-8-16-38(36)41)29-20-17-28(18-21-29)31-22-19-27-9-1-2-10-30(27)25-31/h1-25H. The first kappa shape index (κ1) is 24.1. The van der Waals surface area contributed by atoms with E-state index in [0.29, 0.717) is 5.56 Å². The number of fused-ring (bicyclic) bond motifs is 4. The molecule has 0 saturated carbocycles. The van der Waals surface area contributed by atoms with Crippen molar-refractivity contribution in [2.24, 2.45) is 0 Å². The number of nitriles is 1. The first-order valence-electron chi connectivity index (χ1n) is 14.3. The zero-order chi connectivity index (χ0) is 28.0. The Morgan fingerprint density at radius 2 is 0.857 bits per heavy atom. The SMILES string of the molecule is N#Cc1ccc(-c2c3ccccc3c(-c3ccc(-c4ccc5ccccc5c4)cc3)c3ccccc23)c2ccccc12. The van der Waals surface area contributed by atoms with E-state index in [2.05, 4.69) is 140 Å². The van der Waals surface area contributed by atoms with Gasteiger partial charge < -0.3 is 0 Å². The van der Waals surface area contributed by atoms with E-state index in [9.17, 15) is 5.26 Å². The molecular formula is C41H25N. The van der Waals surface area contributed by atoms with E-state index in [0.717, 1.165) is 16.3 Å². The fourth-order valence-corrected chi connectivity index (χ4v) is 6.54. The molecule has 0 spiro atoms. The van der Waals surface area contributed by atoms with Crippen molar-refractivity contribution in [2.45, 2.75) is 0 Å². The van der Waals surface area contributed by atoms with Gasteiger partial charge in [0.25, 0.3) is 0 Å². The third kappa shape index (κ3) is 3.78. The number of rotatable bonds is 3. The maximum atomic E-state index is 9.79. The van der Waals surface area contributed by atoms with Crippen molar-refractivity contribution in [2.75, 3.05) is 0 Å². The van der Waals surface area contributed by atoms with Crippen LogP contribution >= 0.6 is 0 Å². The van der Waals surface area contributed by atoms with Crippen LogP contribution in [0.2, 0.25) is 0 Å². The second kappa shape index (κ2) is 9.73. The Balaban J connectivity index is 1.37. The molecule has 0 aromatic heterocycles. The largest absolute Gasteiger partial charge is 0.192 e. The van der Waals surface area contributed by atoms with E-state index in [1.54, 1.807) is 0 Å². The highest BCUT2D eigenvalue weighted by molar-refractivity contribution is 6.23. The van der Waals surface area contributed by atoms with Crippen LogP contribution in [0.4, 0.5) is 0 Å². The fourth-order valence-electron chi connectivity index (χ4n) is 6.54. The van der Waals surface area contributed by atoms with Crippen molar-refractivity contribution in [3.8, 4) is 39.4 Å². The van der Waals surface area contributed by atoms with Crippen LogP contribution in [0.25, 0.3) is 76.5 Å². The van der Waals surface area contributed by atoms with Crippen molar-refractivity contribution in [3.05, 3.63) is 157 Å². The highest BCUT2D eigenvalue weighted by atomic mass is 14.3. The summed E-state index contributed by atoms with van der Waals surface area (Å²) in [6, 6.07) is 56.3. The Morgan fingerprint density at radius 1 is 0.357 bits per heavy atom. The molecule has 0 bridgehead atoms. The third-order valence-corrected chi connectivity index (χ3v) is 8.50. The molecule has 1 heteroatoms. The lowest BCUT2D eigenvalue weighted by Crippen LogP contribution is -1.92. The van der Waals surface area contributed by atoms with Gasteiger partial charge in [-0.3, -0.25) is 0 Å². The summed E-state index contributed by atoms with van der Waals surface area (Å²) in [4.78, 5) is 0. The van der Waals surface area contributed by atoms with Crippen LogP contribution in [0, 0.1) is 11.3 Å². The Labute approximate surface area is 244 Å². The molecule has 0 fully saturated rings. The van der Waals surface area contributed by atoms with E-state index in [1.165, 1.54) is 60.1 Å². The molecular weight excluding hydrogens is 506 g/mol. The van der Waals surface area contributed by atoms with Gasteiger partial charge >= 0.3 is 0 Å². The van der Waals surface area contributed by atoms with Crippen LogP contribution in [0.5, 0.6) is 0 Å². The molecule has 0 N–H and O–H groups in total. The Morgan fingerprint density at radius 3 is 1.50 bits per heavy atom. The molecule has 194 valence electrons. The van der Waals surface area contributed by atoms with E-state index >= 15 is 0 Å². The second-order valence-electron chi connectivity index (χ2n) is 10.8. The van der Waals surface area contributed by atoms with E-state index in [-0.39, 0.29) is 0 Å². The van der Waals surface area contributed by atoms with E-state index in [1.807, 2.05) is 18.2 Å². The van der Waals surface area contributed by atoms with E-state index < -0.39 is 0 Å². The second-order valence-corrected chi connectivity index (χ2v) is 10.8. The minimum atomic E-state index is 0.700. The number of benzene rings is 8. The molecule has 0 amide bonds. The predicted molar refractivity (Wildman–Crippen MR) is 177 cm³/mol. The lowest BCUT2D eigenvalue weighted by Gasteiger charge is -2.19. The predicted octanol–water partition coefficient (Wildman–Crippen LogP) is 11.2. The normalized spacial score (nSPS) is 11.3. The van der Waals surface area contributed by atoms with Gasteiger partial charge in [0, 0.05) is 5.39 Å². The molecule has 0 aliphatic rings. The topological polar surface area (TPSA) is 23.8 Å². The van der Waals surface area contributed by atoms with Gasteiger partial charge in [-0.15, -0.1) is 0 Å². The van der Waals surface area contributed by atoms with E-state index in [4.69, 9.17) is 0 Å². The van der Waals surface area contributed by atoms with Gasteiger partial charge in [0.2, 0.25) is 0 Å². The molecule has 42 heavy (non-hydrogen) atoms. The van der Waals surface area contributed by atoms with Crippen molar-refractivity contribution >= 4 is 43.1 Å². The summed E-state index contributed by atoms with van der Waals surface area (Å²) in [6.45, 7) is 0. The molecule has 8 aromatic carbocycles. The minimum absolute atomic E-state index is 0.700. The third-order valence-electron chi connectivity index (χ3n) is 8.50. The van der Waals surface area contributed by atoms with Gasteiger partial charge in [0.15, 0.2) is 0 Å². The van der Waals surface area contributed by atoms with Crippen LogP contribution in [-0.2, 0) is 0 Å². The lowest BCUT2D eigenvalue weighted by atomic mass is 9.84. The number of hydrogen-bond acceptors (Lipinski definition) is 1. The van der Waals surface area contributed by atoms with Crippen molar-refractivity contribution < 1.29 is 0 Å². The monoisotopic (exact) mass is 531 g/mol. The molecule has 8 aromatic rings. The summed E-state index contributed by atoms with van der Waals surface area (Å²) in [6.07, 6.45) is 0. The maximum Gasteiger partial charge on any atom is 0.0998 e. The van der Waals surface area contributed by atoms with Crippen LogP contribution in [0.15, 0.2) is 152 Å². The molecule has 8 rings (SSSR count). The Bertz CT molecular complexity index is 2300. The van der Waals surface area contributed by atoms with Crippen LogP contribution < -0.4 is 0 Å². The molecule has 0 atom stereocenters. The minimum Gasteiger partial charge on any atom is -0.192 e. The van der Waals surface area contributed by atoms with Gasteiger partial charge in [0.05, 0.1) is 11.6 Å². The van der Waals surface area contributed by atoms with Gasteiger partial charge in [0.1, 0.15) is 0 Å². The molecule has 0 radical (unpaired) electrons. The Kier molecular flexibility index (Phi) is 5.59. The lowest BCUT2D eigenvalue weighted by molar-refractivity contribution is 1.50.